The molecule has 1 N–H and O–H groups in total. The molecule has 2 aromatic heterocycles. The van der Waals surface area contributed by atoms with Gasteiger partial charge in [-0.05, 0) is 35.4 Å². The summed E-state index contributed by atoms with van der Waals surface area (Å²) in [5.41, 5.74) is 3.58. The number of hydrogen-bond donors (Lipinski definition) is 1. The molecule has 0 radical (unpaired) electrons. The summed E-state index contributed by atoms with van der Waals surface area (Å²) < 4.78 is 7.86. The number of phenolic OH excluding ortho intramolecular Hbond substituents is 1. The third-order valence-corrected chi connectivity index (χ3v) is 5.65. The number of benzene rings is 3. The van der Waals surface area contributed by atoms with Crippen molar-refractivity contribution in [3.8, 4) is 17.2 Å². The Morgan fingerprint density at radius 1 is 0.935 bits per heavy atom. The van der Waals surface area contributed by atoms with E-state index in [-0.39, 0.29) is 5.75 Å². The monoisotopic (exact) mass is 425 g/mol. The summed E-state index contributed by atoms with van der Waals surface area (Å²) in [4.78, 5) is 5.54. The number of furan rings is 1. The average molecular weight is 426 g/mol. The quantitative estimate of drug-likeness (QED) is 0.370. The van der Waals surface area contributed by atoms with Crippen molar-refractivity contribution in [3.63, 3.8) is 0 Å². The van der Waals surface area contributed by atoms with Crippen LogP contribution in [0.1, 0.15) is 11.1 Å². The van der Waals surface area contributed by atoms with Crippen molar-refractivity contribution in [2.24, 2.45) is 10.1 Å². The first kappa shape index (κ1) is 19.1. The van der Waals surface area contributed by atoms with Crippen LogP contribution in [0.5, 0.6) is 5.75 Å². The van der Waals surface area contributed by atoms with Gasteiger partial charge in [-0.3, -0.25) is 4.99 Å². The Morgan fingerprint density at radius 3 is 2.61 bits per heavy atom. The molecular weight excluding hydrogens is 406 g/mol. The van der Waals surface area contributed by atoms with E-state index in [0.717, 1.165) is 38.4 Å². The van der Waals surface area contributed by atoms with Crippen LogP contribution in [0.3, 0.4) is 0 Å². The van der Waals surface area contributed by atoms with Gasteiger partial charge in [0.2, 0.25) is 4.80 Å². The largest absolute Gasteiger partial charge is 0.508 e. The van der Waals surface area contributed by atoms with Crippen LogP contribution in [-0.2, 0) is 6.54 Å². The fraction of sp³-hybridized carbons (Fsp3) is 0.0400. The molecular formula is C25H19N3O2S. The first-order chi connectivity index (χ1) is 15.3. The minimum Gasteiger partial charge on any atom is -0.508 e. The molecule has 0 saturated heterocycles. The molecule has 0 spiro atoms. The Labute approximate surface area is 182 Å². The van der Waals surface area contributed by atoms with Crippen LogP contribution < -0.4 is 4.80 Å². The molecule has 0 fully saturated rings. The van der Waals surface area contributed by atoms with E-state index in [1.54, 1.807) is 29.1 Å². The molecule has 0 bridgehead atoms. The lowest BCUT2D eigenvalue weighted by molar-refractivity contribution is 0.475. The summed E-state index contributed by atoms with van der Waals surface area (Å²) in [6.45, 7) is 0.558. The summed E-state index contributed by atoms with van der Waals surface area (Å²) in [6, 6.07) is 27.0. The zero-order valence-corrected chi connectivity index (χ0v) is 17.4. The van der Waals surface area contributed by atoms with Crippen LogP contribution in [0.4, 0.5) is 0 Å². The second-order valence-electron chi connectivity index (χ2n) is 7.01. The van der Waals surface area contributed by atoms with Crippen LogP contribution in [0, 0.1) is 0 Å². The number of aromatic nitrogens is 1. The fourth-order valence-electron chi connectivity index (χ4n) is 3.27. The second kappa shape index (κ2) is 8.45. The zero-order valence-electron chi connectivity index (χ0n) is 16.6. The number of nitrogens with zero attached hydrogens (tertiary/aromatic N) is 3. The van der Waals surface area contributed by atoms with Gasteiger partial charge in [0.05, 0.1) is 12.8 Å². The number of hydrogen-bond acceptors (Lipinski definition) is 5. The highest BCUT2D eigenvalue weighted by atomic mass is 32.1. The Kier molecular flexibility index (Phi) is 5.21. The number of rotatable bonds is 5. The number of para-hydroxylation sites is 1. The average Bonchev–Trinajstić information content (AvgIpc) is 3.40. The van der Waals surface area contributed by atoms with E-state index in [1.165, 1.54) is 11.3 Å². The third-order valence-electron chi connectivity index (χ3n) is 4.80. The van der Waals surface area contributed by atoms with Crippen molar-refractivity contribution in [1.82, 2.24) is 4.68 Å². The van der Waals surface area contributed by atoms with Crippen molar-refractivity contribution in [2.75, 3.05) is 0 Å². The first-order valence-electron chi connectivity index (χ1n) is 9.83. The summed E-state index contributed by atoms with van der Waals surface area (Å²) >= 11 is 1.51. The molecule has 0 aliphatic heterocycles. The van der Waals surface area contributed by atoms with E-state index in [0.29, 0.717) is 6.54 Å². The van der Waals surface area contributed by atoms with Crippen LogP contribution in [0.2, 0.25) is 0 Å². The number of thiazole rings is 1. The van der Waals surface area contributed by atoms with Gasteiger partial charge in [-0.15, -0.1) is 11.3 Å². The highest BCUT2D eigenvalue weighted by Crippen LogP contribution is 2.28. The van der Waals surface area contributed by atoms with Gasteiger partial charge in [0.15, 0.2) is 5.76 Å². The maximum atomic E-state index is 9.75. The van der Waals surface area contributed by atoms with Crippen LogP contribution in [0.15, 0.2) is 105 Å². The fourth-order valence-corrected chi connectivity index (χ4v) is 4.09. The van der Waals surface area contributed by atoms with Gasteiger partial charge in [-0.25, -0.2) is 4.68 Å². The Hall–Kier alpha value is -3.90. The lowest BCUT2D eigenvalue weighted by atomic mass is 10.2. The normalized spacial score (nSPS) is 12.2. The zero-order chi connectivity index (χ0) is 21.0. The van der Waals surface area contributed by atoms with E-state index < -0.39 is 0 Å². The topological polar surface area (TPSA) is 63.0 Å². The van der Waals surface area contributed by atoms with Crippen molar-refractivity contribution in [1.29, 1.82) is 0 Å². The van der Waals surface area contributed by atoms with Gasteiger partial charge in [-0.2, -0.15) is 5.10 Å². The van der Waals surface area contributed by atoms with Crippen molar-refractivity contribution in [3.05, 3.63) is 106 Å². The van der Waals surface area contributed by atoms with Crippen LogP contribution in [0.25, 0.3) is 22.4 Å². The molecule has 5 nitrogen and oxygen atoms in total. The maximum Gasteiger partial charge on any atom is 0.206 e. The molecule has 31 heavy (non-hydrogen) atoms. The highest BCUT2D eigenvalue weighted by molar-refractivity contribution is 7.07. The maximum absolute atomic E-state index is 9.75. The molecule has 2 heterocycles. The molecule has 152 valence electrons. The van der Waals surface area contributed by atoms with Gasteiger partial charge >= 0.3 is 0 Å². The summed E-state index contributed by atoms with van der Waals surface area (Å²) in [5, 5.41) is 17.5. The minimum absolute atomic E-state index is 0.200. The summed E-state index contributed by atoms with van der Waals surface area (Å²) in [5.74, 6) is 0.928. The van der Waals surface area contributed by atoms with Gasteiger partial charge in [-0.1, -0.05) is 60.7 Å². The minimum atomic E-state index is 0.200. The Bertz CT molecular complexity index is 1390. The van der Waals surface area contributed by atoms with E-state index in [2.05, 4.69) is 17.2 Å². The van der Waals surface area contributed by atoms with Gasteiger partial charge in [0.1, 0.15) is 17.0 Å². The molecule has 5 rings (SSSR count). The van der Waals surface area contributed by atoms with E-state index in [1.807, 2.05) is 60.0 Å². The molecule has 3 aromatic carbocycles. The first-order valence-corrected chi connectivity index (χ1v) is 10.7. The van der Waals surface area contributed by atoms with E-state index >= 15 is 0 Å². The lowest BCUT2D eigenvalue weighted by Crippen LogP contribution is -2.12. The standard InChI is InChI=1S/C25H19N3O2S/c29-21-11-6-9-19(13-21)16-27-28-22(24-14-20-10-4-5-12-23(20)30-24)17-31-25(28)26-15-18-7-2-1-3-8-18/h1-14,16-17,29H,15H2/b26-25?,27-16+. The van der Waals surface area contributed by atoms with Crippen molar-refractivity contribution in [2.45, 2.75) is 6.54 Å². The Morgan fingerprint density at radius 2 is 1.77 bits per heavy atom. The lowest BCUT2D eigenvalue weighted by Gasteiger charge is -2.01. The molecule has 6 heteroatoms. The van der Waals surface area contributed by atoms with E-state index in [9.17, 15) is 5.11 Å². The van der Waals surface area contributed by atoms with Crippen LogP contribution >= 0.6 is 11.3 Å². The molecule has 0 unspecified atom stereocenters. The molecule has 0 amide bonds. The van der Waals surface area contributed by atoms with Gasteiger partial charge in [0, 0.05) is 10.8 Å². The second-order valence-corrected chi connectivity index (χ2v) is 7.84. The van der Waals surface area contributed by atoms with Gasteiger partial charge in [0.25, 0.3) is 0 Å². The molecule has 0 aliphatic rings. The third kappa shape index (κ3) is 4.20. The highest BCUT2D eigenvalue weighted by Gasteiger charge is 2.12. The molecule has 0 atom stereocenters. The van der Waals surface area contributed by atoms with Crippen molar-refractivity contribution >= 4 is 28.5 Å². The summed E-state index contributed by atoms with van der Waals surface area (Å²) in [7, 11) is 0. The smallest absolute Gasteiger partial charge is 0.206 e. The number of aromatic hydroxyl groups is 1. The number of phenols is 1. The Balaban J connectivity index is 1.59. The predicted molar refractivity (Wildman–Crippen MR) is 124 cm³/mol. The summed E-state index contributed by atoms with van der Waals surface area (Å²) in [6.07, 6.45) is 1.71. The molecule has 0 saturated carbocycles. The van der Waals surface area contributed by atoms with Gasteiger partial charge < -0.3 is 9.52 Å². The van der Waals surface area contributed by atoms with Crippen LogP contribution in [-0.4, -0.2) is 16.0 Å². The molecule has 0 aliphatic carbocycles. The SMILES string of the molecule is Oc1cccc(/C=N/n2c(-c3cc4ccccc4o3)csc2=NCc2ccccc2)c1. The van der Waals surface area contributed by atoms with Crippen molar-refractivity contribution < 1.29 is 9.52 Å². The van der Waals surface area contributed by atoms with E-state index in [4.69, 9.17) is 9.41 Å². The molecule has 5 aromatic rings. The predicted octanol–water partition coefficient (Wildman–Crippen LogP) is 5.65. The number of fused-ring (bicyclic) bond motifs is 1.